The van der Waals surface area contributed by atoms with Crippen LogP contribution in [0.25, 0.3) is 0 Å². The first-order valence-corrected chi connectivity index (χ1v) is 8.23. The highest BCUT2D eigenvalue weighted by Gasteiger charge is 2.50. The largest absolute Gasteiger partial charge is 0.482 e. The number of rotatable bonds is 3. The van der Waals surface area contributed by atoms with Gasteiger partial charge in [0.15, 0.2) is 6.61 Å². The number of likely N-dealkylation sites (tertiary alicyclic amines) is 1. The fourth-order valence-corrected chi connectivity index (χ4v) is 4.66. The lowest BCUT2D eigenvalue weighted by Crippen LogP contribution is -2.40. The van der Waals surface area contributed by atoms with Crippen molar-refractivity contribution in [2.45, 2.75) is 46.1 Å². The summed E-state index contributed by atoms with van der Waals surface area (Å²) >= 11 is 0. The standard InChI is InChI=1S/C19H24N2O2/c1-18(2)8-15-9-19(3,12-18)13-21(15)17(22)11-23-16-7-5-4-6-14(16)10-20/h4-7,15H,8-9,11-13H2,1-3H3/t15-,19+/m1/s1. The number of hydrogen-bond acceptors (Lipinski definition) is 3. The third-order valence-corrected chi connectivity index (χ3v) is 5.09. The molecular formula is C19H24N2O2. The summed E-state index contributed by atoms with van der Waals surface area (Å²) in [6, 6.07) is 9.46. The number of carbonyl (C=O) groups excluding carboxylic acids is 1. The minimum atomic E-state index is 0.00566. The molecule has 0 unspecified atom stereocenters. The van der Waals surface area contributed by atoms with Gasteiger partial charge in [0.25, 0.3) is 5.91 Å². The third kappa shape index (κ3) is 3.19. The van der Waals surface area contributed by atoms with Crippen molar-refractivity contribution in [3.05, 3.63) is 29.8 Å². The fraction of sp³-hybridized carbons (Fsp3) is 0.579. The number of nitriles is 1. The van der Waals surface area contributed by atoms with E-state index in [1.54, 1.807) is 18.2 Å². The van der Waals surface area contributed by atoms with Crippen molar-refractivity contribution >= 4 is 5.91 Å². The normalized spacial score (nSPS) is 28.3. The van der Waals surface area contributed by atoms with Crippen LogP contribution in [0.3, 0.4) is 0 Å². The molecule has 1 amide bonds. The van der Waals surface area contributed by atoms with Gasteiger partial charge in [-0.2, -0.15) is 5.26 Å². The number of fused-ring (bicyclic) bond motifs is 2. The number of para-hydroxylation sites is 1. The summed E-state index contributed by atoms with van der Waals surface area (Å²) in [7, 11) is 0. The number of carbonyl (C=O) groups is 1. The minimum Gasteiger partial charge on any atom is -0.482 e. The van der Waals surface area contributed by atoms with Gasteiger partial charge in [-0.3, -0.25) is 4.79 Å². The first-order valence-electron chi connectivity index (χ1n) is 8.23. The summed E-state index contributed by atoms with van der Waals surface area (Å²) in [6.07, 6.45) is 3.32. The summed E-state index contributed by atoms with van der Waals surface area (Å²) in [5.41, 5.74) is 0.988. The maximum Gasteiger partial charge on any atom is 0.260 e. The van der Waals surface area contributed by atoms with Crippen LogP contribution in [0.1, 0.15) is 45.6 Å². The molecule has 2 aliphatic rings. The summed E-state index contributed by atoms with van der Waals surface area (Å²) in [5.74, 6) is 0.515. The van der Waals surface area contributed by atoms with Crippen molar-refractivity contribution in [1.82, 2.24) is 4.90 Å². The van der Waals surface area contributed by atoms with Crippen molar-refractivity contribution in [3.63, 3.8) is 0 Å². The average molecular weight is 312 g/mol. The Balaban J connectivity index is 1.67. The molecule has 2 atom stereocenters. The van der Waals surface area contributed by atoms with Crippen LogP contribution in [-0.4, -0.2) is 30.0 Å². The molecule has 4 nitrogen and oxygen atoms in total. The van der Waals surface area contributed by atoms with Crippen LogP contribution in [0.5, 0.6) is 5.75 Å². The second kappa shape index (κ2) is 5.56. The molecule has 3 rings (SSSR count). The van der Waals surface area contributed by atoms with Crippen molar-refractivity contribution in [2.75, 3.05) is 13.2 Å². The maximum atomic E-state index is 12.6. The summed E-state index contributed by atoms with van der Waals surface area (Å²) in [5, 5.41) is 9.08. The van der Waals surface area contributed by atoms with Crippen molar-refractivity contribution < 1.29 is 9.53 Å². The SMILES string of the molecule is CC1(C)C[C@@H]2C[C@](C)(CN2C(=O)COc2ccccc2C#N)C1. The van der Waals surface area contributed by atoms with Crippen molar-refractivity contribution in [2.24, 2.45) is 10.8 Å². The predicted octanol–water partition coefficient (Wildman–Crippen LogP) is 3.36. The zero-order chi connectivity index (χ0) is 16.7. The topological polar surface area (TPSA) is 53.3 Å². The van der Waals surface area contributed by atoms with E-state index in [-0.39, 0.29) is 17.9 Å². The second-order valence-corrected chi connectivity index (χ2v) is 8.13. The van der Waals surface area contributed by atoms with E-state index in [1.807, 2.05) is 11.0 Å². The molecule has 1 aromatic rings. The van der Waals surface area contributed by atoms with Gasteiger partial charge in [0.1, 0.15) is 11.8 Å². The summed E-state index contributed by atoms with van der Waals surface area (Å²) in [6.45, 7) is 7.71. The quantitative estimate of drug-likeness (QED) is 0.860. The monoisotopic (exact) mass is 312 g/mol. The number of benzene rings is 1. The Morgan fingerprint density at radius 1 is 1.35 bits per heavy atom. The summed E-state index contributed by atoms with van der Waals surface area (Å²) < 4.78 is 5.62. The molecule has 0 aromatic heterocycles. The lowest BCUT2D eigenvalue weighted by molar-refractivity contribution is -0.134. The van der Waals surface area contributed by atoms with Gasteiger partial charge < -0.3 is 9.64 Å². The lowest BCUT2D eigenvalue weighted by atomic mass is 9.65. The number of nitrogens with zero attached hydrogens (tertiary/aromatic N) is 2. The Hall–Kier alpha value is -2.02. The Labute approximate surface area is 138 Å². The van der Waals surface area contributed by atoms with E-state index in [0.29, 0.717) is 22.8 Å². The lowest BCUT2D eigenvalue weighted by Gasteiger charge is -2.39. The highest BCUT2D eigenvalue weighted by atomic mass is 16.5. The molecular weight excluding hydrogens is 288 g/mol. The molecule has 1 aliphatic carbocycles. The Kier molecular flexibility index (Phi) is 3.83. The molecule has 23 heavy (non-hydrogen) atoms. The number of amides is 1. The first-order chi connectivity index (χ1) is 10.8. The average Bonchev–Trinajstić information content (AvgIpc) is 2.74. The molecule has 1 aliphatic heterocycles. The van der Waals surface area contributed by atoms with Gasteiger partial charge in [0, 0.05) is 12.6 Å². The molecule has 1 heterocycles. The van der Waals surface area contributed by atoms with Crippen LogP contribution in [0.15, 0.2) is 24.3 Å². The second-order valence-electron chi connectivity index (χ2n) is 8.13. The van der Waals surface area contributed by atoms with Crippen LogP contribution in [0, 0.1) is 22.2 Å². The highest BCUT2D eigenvalue weighted by Crippen LogP contribution is 2.52. The van der Waals surface area contributed by atoms with E-state index in [1.165, 1.54) is 6.42 Å². The zero-order valence-electron chi connectivity index (χ0n) is 14.1. The molecule has 1 saturated carbocycles. The molecule has 2 fully saturated rings. The number of ether oxygens (including phenoxy) is 1. The highest BCUT2D eigenvalue weighted by molar-refractivity contribution is 5.78. The van der Waals surface area contributed by atoms with Gasteiger partial charge in [-0.05, 0) is 42.2 Å². The molecule has 1 aromatic carbocycles. The smallest absolute Gasteiger partial charge is 0.260 e. The molecule has 1 saturated heterocycles. The minimum absolute atomic E-state index is 0.00566. The van der Waals surface area contributed by atoms with E-state index >= 15 is 0 Å². The Bertz CT molecular complexity index is 662. The number of hydrogen-bond donors (Lipinski definition) is 0. The zero-order valence-corrected chi connectivity index (χ0v) is 14.1. The van der Waals surface area contributed by atoms with Gasteiger partial charge >= 0.3 is 0 Å². The van der Waals surface area contributed by atoms with Gasteiger partial charge in [0.05, 0.1) is 5.56 Å². The van der Waals surface area contributed by atoms with Crippen LogP contribution >= 0.6 is 0 Å². The van der Waals surface area contributed by atoms with Crippen LogP contribution in [-0.2, 0) is 4.79 Å². The van der Waals surface area contributed by atoms with Gasteiger partial charge in [-0.1, -0.05) is 32.9 Å². The van der Waals surface area contributed by atoms with Crippen LogP contribution in [0.2, 0.25) is 0 Å². The first kappa shape index (κ1) is 15.9. The molecule has 0 N–H and O–H groups in total. The predicted molar refractivity (Wildman–Crippen MR) is 87.9 cm³/mol. The van der Waals surface area contributed by atoms with Crippen LogP contribution < -0.4 is 4.74 Å². The van der Waals surface area contributed by atoms with Crippen LogP contribution in [0.4, 0.5) is 0 Å². The molecule has 2 bridgehead atoms. The molecule has 4 heteroatoms. The fourth-order valence-electron chi connectivity index (χ4n) is 4.66. The Morgan fingerprint density at radius 2 is 2.09 bits per heavy atom. The molecule has 0 radical (unpaired) electrons. The van der Waals surface area contributed by atoms with Crippen molar-refractivity contribution in [1.29, 1.82) is 5.26 Å². The molecule has 122 valence electrons. The van der Waals surface area contributed by atoms with E-state index in [2.05, 4.69) is 26.8 Å². The van der Waals surface area contributed by atoms with Gasteiger partial charge in [-0.15, -0.1) is 0 Å². The molecule has 0 spiro atoms. The van der Waals surface area contributed by atoms with E-state index in [0.717, 1.165) is 19.4 Å². The van der Waals surface area contributed by atoms with Gasteiger partial charge in [-0.25, -0.2) is 0 Å². The van der Waals surface area contributed by atoms with Crippen molar-refractivity contribution in [3.8, 4) is 11.8 Å². The summed E-state index contributed by atoms with van der Waals surface area (Å²) in [4.78, 5) is 14.6. The van der Waals surface area contributed by atoms with Gasteiger partial charge in [0.2, 0.25) is 0 Å². The Morgan fingerprint density at radius 3 is 2.83 bits per heavy atom. The van der Waals surface area contributed by atoms with E-state index in [9.17, 15) is 4.79 Å². The third-order valence-electron chi connectivity index (χ3n) is 5.09. The van der Waals surface area contributed by atoms with E-state index in [4.69, 9.17) is 10.00 Å². The maximum absolute atomic E-state index is 12.6. The van der Waals surface area contributed by atoms with E-state index < -0.39 is 0 Å².